The van der Waals surface area contributed by atoms with Crippen LogP contribution in [-0.2, 0) is 28.6 Å². The van der Waals surface area contributed by atoms with E-state index in [1.165, 1.54) is 231 Å². The monoisotopic (exact) mass is 975 g/mol. The highest BCUT2D eigenvalue weighted by Crippen LogP contribution is 2.20. The van der Waals surface area contributed by atoms with Crippen molar-refractivity contribution in [1.29, 1.82) is 0 Å². The molecule has 0 aliphatic heterocycles. The van der Waals surface area contributed by atoms with E-state index in [1.807, 2.05) is 0 Å². The molecule has 0 spiro atoms. The number of carbonyl (C=O) groups excluding carboxylic acids is 3. The molecule has 0 fully saturated rings. The maximum Gasteiger partial charge on any atom is 0.306 e. The van der Waals surface area contributed by atoms with Crippen LogP contribution in [0.5, 0.6) is 0 Å². The zero-order valence-corrected chi connectivity index (χ0v) is 47.6. The molecule has 0 aromatic carbocycles. The average Bonchev–Trinajstić information content (AvgIpc) is 3.34. The highest BCUT2D eigenvalue weighted by molar-refractivity contribution is 5.71. The summed E-state index contributed by atoms with van der Waals surface area (Å²) in [5.41, 5.74) is 0. The molecule has 69 heavy (non-hydrogen) atoms. The second-order valence-electron chi connectivity index (χ2n) is 22.7. The van der Waals surface area contributed by atoms with E-state index in [0.29, 0.717) is 19.3 Å². The van der Waals surface area contributed by atoms with Gasteiger partial charge in [0, 0.05) is 19.3 Å². The van der Waals surface area contributed by atoms with Gasteiger partial charge in [0.05, 0.1) is 0 Å². The lowest BCUT2D eigenvalue weighted by molar-refractivity contribution is -0.167. The molecule has 0 aromatic heterocycles. The van der Waals surface area contributed by atoms with Crippen molar-refractivity contribution in [3.05, 3.63) is 0 Å². The average molecular weight is 976 g/mol. The van der Waals surface area contributed by atoms with Gasteiger partial charge in [-0.3, -0.25) is 14.4 Å². The summed E-state index contributed by atoms with van der Waals surface area (Å²) < 4.78 is 16.9. The van der Waals surface area contributed by atoms with Crippen molar-refractivity contribution in [2.45, 2.75) is 356 Å². The summed E-state index contributed by atoms with van der Waals surface area (Å²) in [4.78, 5) is 38.2. The molecule has 2 unspecified atom stereocenters. The molecule has 0 saturated heterocycles. The predicted molar refractivity (Wildman–Crippen MR) is 298 cm³/mol. The van der Waals surface area contributed by atoms with Crippen LogP contribution >= 0.6 is 0 Å². The predicted octanol–water partition coefficient (Wildman–Crippen LogP) is 20.7. The fourth-order valence-electron chi connectivity index (χ4n) is 9.64. The van der Waals surface area contributed by atoms with Crippen molar-refractivity contribution < 1.29 is 28.6 Å². The third-order valence-electron chi connectivity index (χ3n) is 15.1. The van der Waals surface area contributed by atoms with Crippen LogP contribution in [0.3, 0.4) is 0 Å². The third kappa shape index (κ3) is 54.0. The maximum absolute atomic E-state index is 12.9. The smallest absolute Gasteiger partial charge is 0.306 e. The molecular formula is C63H122O6. The van der Waals surface area contributed by atoms with Crippen LogP contribution in [0.1, 0.15) is 350 Å². The van der Waals surface area contributed by atoms with Crippen LogP contribution in [0.25, 0.3) is 0 Å². The molecule has 0 aliphatic rings. The Labute approximate surface area is 431 Å². The molecule has 0 radical (unpaired) electrons. The minimum absolute atomic E-state index is 0.0631. The lowest BCUT2D eigenvalue weighted by Gasteiger charge is -2.18. The quantitative estimate of drug-likeness (QED) is 0.0343. The molecular weight excluding hydrogens is 853 g/mol. The molecule has 0 N–H and O–H groups in total. The fourth-order valence-corrected chi connectivity index (χ4v) is 9.64. The van der Waals surface area contributed by atoms with E-state index in [2.05, 4.69) is 41.5 Å². The van der Waals surface area contributed by atoms with Gasteiger partial charge in [-0.2, -0.15) is 0 Å². The number of unbranched alkanes of at least 4 members (excludes halogenated alkanes) is 37. The van der Waals surface area contributed by atoms with Crippen molar-refractivity contribution in [2.24, 2.45) is 17.8 Å². The van der Waals surface area contributed by atoms with Crippen molar-refractivity contribution in [1.82, 2.24) is 0 Å². The Bertz CT molecular complexity index is 1070. The molecule has 6 nitrogen and oxygen atoms in total. The highest BCUT2D eigenvalue weighted by atomic mass is 16.6. The zero-order valence-electron chi connectivity index (χ0n) is 47.6. The van der Waals surface area contributed by atoms with Gasteiger partial charge in [-0.25, -0.2) is 0 Å². The van der Waals surface area contributed by atoms with Crippen LogP contribution in [0.15, 0.2) is 0 Å². The molecule has 3 atom stereocenters. The van der Waals surface area contributed by atoms with Gasteiger partial charge in [-0.05, 0) is 37.0 Å². The van der Waals surface area contributed by atoms with Crippen LogP contribution in [-0.4, -0.2) is 37.2 Å². The van der Waals surface area contributed by atoms with E-state index >= 15 is 0 Å². The fraction of sp³-hybridized carbons (Fsp3) is 0.952. The Morgan fingerprint density at radius 1 is 0.290 bits per heavy atom. The number of hydrogen-bond acceptors (Lipinski definition) is 6. The lowest BCUT2D eigenvalue weighted by Crippen LogP contribution is -2.30. The first-order chi connectivity index (χ1) is 33.7. The van der Waals surface area contributed by atoms with E-state index in [-0.39, 0.29) is 31.1 Å². The minimum atomic E-state index is -0.764. The summed E-state index contributed by atoms with van der Waals surface area (Å²) in [6.07, 6.45) is 58.0. The molecule has 0 bridgehead atoms. The number of hydrogen-bond donors (Lipinski definition) is 0. The van der Waals surface area contributed by atoms with E-state index in [1.54, 1.807) is 0 Å². The number of carbonyl (C=O) groups is 3. The lowest BCUT2D eigenvalue weighted by atomic mass is 9.99. The van der Waals surface area contributed by atoms with Crippen molar-refractivity contribution in [3.63, 3.8) is 0 Å². The van der Waals surface area contributed by atoms with Crippen LogP contribution < -0.4 is 0 Å². The summed E-state index contributed by atoms with van der Waals surface area (Å²) in [5.74, 6) is 1.77. The Morgan fingerprint density at radius 2 is 0.507 bits per heavy atom. The molecule has 6 heteroatoms. The van der Waals surface area contributed by atoms with E-state index in [4.69, 9.17) is 14.2 Å². The van der Waals surface area contributed by atoms with Gasteiger partial charge in [0.15, 0.2) is 6.10 Å². The molecule has 410 valence electrons. The second kappa shape index (κ2) is 54.2. The molecule has 0 amide bonds. The van der Waals surface area contributed by atoms with Gasteiger partial charge < -0.3 is 14.2 Å². The van der Waals surface area contributed by atoms with Gasteiger partial charge in [-0.1, -0.05) is 311 Å². The Kier molecular flexibility index (Phi) is 52.9. The molecule has 0 aromatic rings. The Hall–Kier alpha value is -1.59. The number of ether oxygens (including phenoxy) is 3. The van der Waals surface area contributed by atoms with Gasteiger partial charge in [0.25, 0.3) is 0 Å². The standard InChI is InChI=1S/C63H122O6/c1-7-58(5)50-44-38-32-26-20-15-13-11-9-10-12-14-16-21-28-34-40-46-52-61(64)67-55-60(69-63(66)54-48-42-36-30-24-23-27-33-39-45-51-59(6)8-2)56-68-62(65)53-47-41-35-29-22-18-17-19-25-31-37-43-49-57(3)4/h57-60H,7-56H2,1-6H3/t58?,59?,60-/m0/s1. The van der Waals surface area contributed by atoms with Gasteiger partial charge in [0.1, 0.15) is 13.2 Å². The molecule has 0 rings (SSSR count). The van der Waals surface area contributed by atoms with E-state index < -0.39 is 6.10 Å². The van der Waals surface area contributed by atoms with Gasteiger partial charge in [-0.15, -0.1) is 0 Å². The SMILES string of the molecule is CCC(C)CCCCCCCCCCCCCCCCCCCCC(=O)OC[C@@H](COC(=O)CCCCCCCCCCCCCCC(C)C)OC(=O)CCCCCCCCCCCCC(C)CC. The van der Waals surface area contributed by atoms with Crippen LogP contribution in [0.2, 0.25) is 0 Å². The van der Waals surface area contributed by atoms with Gasteiger partial charge in [0.2, 0.25) is 0 Å². The topological polar surface area (TPSA) is 78.9 Å². The first-order valence-electron chi connectivity index (χ1n) is 31.2. The van der Waals surface area contributed by atoms with E-state index in [9.17, 15) is 14.4 Å². The Morgan fingerprint density at radius 3 is 0.754 bits per heavy atom. The zero-order chi connectivity index (χ0) is 50.5. The number of esters is 3. The maximum atomic E-state index is 12.9. The summed E-state index contributed by atoms with van der Waals surface area (Å²) in [6, 6.07) is 0. The Balaban J connectivity index is 4.25. The third-order valence-corrected chi connectivity index (χ3v) is 15.1. The van der Waals surface area contributed by atoms with Crippen molar-refractivity contribution >= 4 is 17.9 Å². The molecule has 0 heterocycles. The summed E-state index contributed by atoms with van der Waals surface area (Å²) in [7, 11) is 0. The first-order valence-corrected chi connectivity index (χ1v) is 31.2. The van der Waals surface area contributed by atoms with Crippen molar-refractivity contribution in [3.8, 4) is 0 Å². The summed E-state index contributed by atoms with van der Waals surface area (Å²) >= 11 is 0. The minimum Gasteiger partial charge on any atom is -0.462 e. The second-order valence-corrected chi connectivity index (χ2v) is 22.7. The number of rotatable bonds is 56. The highest BCUT2D eigenvalue weighted by Gasteiger charge is 2.19. The van der Waals surface area contributed by atoms with Crippen molar-refractivity contribution in [2.75, 3.05) is 13.2 Å². The van der Waals surface area contributed by atoms with Crippen LogP contribution in [0, 0.1) is 17.8 Å². The summed E-state index contributed by atoms with van der Waals surface area (Å²) in [5, 5.41) is 0. The molecule has 0 saturated carbocycles. The first kappa shape index (κ1) is 67.4. The van der Waals surface area contributed by atoms with Crippen LogP contribution in [0.4, 0.5) is 0 Å². The largest absolute Gasteiger partial charge is 0.462 e. The molecule has 0 aliphatic carbocycles. The summed E-state index contributed by atoms with van der Waals surface area (Å²) in [6.45, 7) is 13.8. The van der Waals surface area contributed by atoms with Gasteiger partial charge >= 0.3 is 17.9 Å². The van der Waals surface area contributed by atoms with E-state index in [0.717, 1.165) is 75.5 Å². The normalized spacial score (nSPS) is 12.9.